The summed E-state index contributed by atoms with van der Waals surface area (Å²) >= 11 is 5.63. The standard InChI is InChI=1S/C13H13ClF3NO/c14-6-7-18(8-2-1-3-8)13(19)9-4-5-10(15)12(17)11(9)16/h4-5,8H,1-3,6-7H2. The topological polar surface area (TPSA) is 20.3 Å². The van der Waals surface area contributed by atoms with E-state index in [9.17, 15) is 18.0 Å². The summed E-state index contributed by atoms with van der Waals surface area (Å²) in [5.74, 6) is -4.79. The Hall–Kier alpha value is -1.23. The summed E-state index contributed by atoms with van der Waals surface area (Å²) in [4.78, 5) is 13.6. The van der Waals surface area contributed by atoms with Crippen LogP contribution in [0.25, 0.3) is 0 Å². The van der Waals surface area contributed by atoms with E-state index in [2.05, 4.69) is 0 Å². The molecule has 0 spiro atoms. The van der Waals surface area contributed by atoms with Crippen LogP contribution in [0.4, 0.5) is 13.2 Å². The highest BCUT2D eigenvalue weighted by atomic mass is 35.5. The number of benzene rings is 1. The molecule has 1 aliphatic rings. The fourth-order valence-corrected chi connectivity index (χ4v) is 2.27. The highest BCUT2D eigenvalue weighted by Gasteiger charge is 2.31. The summed E-state index contributed by atoms with van der Waals surface area (Å²) in [6.45, 7) is 0.267. The molecule has 0 radical (unpaired) electrons. The molecular formula is C13H13ClF3NO. The number of amides is 1. The number of alkyl halides is 1. The zero-order valence-electron chi connectivity index (χ0n) is 10.1. The summed E-state index contributed by atoms with van der Waals surface area (Å²) < 4.78 is 39.6. The Labute approximate surface area is 114 Å². The van der Waals surface area contributed by atoms with Gasteiger partial charge in [0.2, 0.25) is 0 Å². The lowest BCUT2D eigenvalue weighted by Gasteiger charge is -2.37. The third kappa shape index (κ3) is 2.71. The number of hydrogen-bond donors (Lipinski definition) is 0. The summed E-state index contributed by atoms with van der Waals surface area (Å²) in [5.41, 5.74) is -0.448. The molecule has 0 aliphatic heterocycles. The zero-order chi connectivity index (χ0) is 14.0. The van der Waals surface area contributed by atoms with Crippen molar-refractivity contribution in [3.8, 4) is 0 Å². The van der Waals surface area contributed by atoms with Gasteiger partial charge in [0, 0.05) is 18.5 Å². The first kappa shape index (κ1) is 14.2. The van der Waals surface area contributed by atoms with Gasteiger partial charge < -0.3 is 4.90 Å². The summed E-state index contributed by atoms with van der Waals surface area (Å²) in [7, 11) is 0. The first-order chi connectivity index (χ1) is 9.06. The molecular weight excluding hydrogens is 279 g/mol. The van der Waals surface area contributed by atoms with Crippen molar-refractivity contribution in [2.24, 2.45) is 0 Å². The Kier molecular flexibility index (Phi) is 4.34. The van der Waals surface area contributed by atoms with Crippen LogP contribution in [0.15, 0.2) is 12.1 Å². The third-order valence-corrected chi connectivity index (χ3v) is 3.54. The van der Waals surface area contributed by atoms with E-state index in [1.54, 1.807) is 0 Å². The molecule has 1 aromatic rings. The predicted octanol–water partition coefficient (Wildman–Crippen LogP) is 3.34. The van der Waals surface area contributed by atoms with E-state index in [4.69, 9.17) is 11.6 Å². The summed E-state index contributed by atoms with van der Waals surface area (Å²) in [6.07, 6.45) is 2.65. The maximum atomic E-state index is 13.6. The van der Waals surface area contributed by atoms with Crippen LogP contribution in [-0.4, -0.2) is 29.3 Å². The van der Waals surface area contributed by atoms with E-state index in [0.29, 0.717) is 0 Å². The van der Waals surface area contributed by atoms with E-state index < -0.39 is 28.9 Å². The molecule has 1 aromatic carbocycles. The molecule has 0 aromatic heterocycles. The Balaban J connectivity index is 2.28. The normalized spacial score (nSPS) is 15.2. The van der Waals surface area contributed by atoms with Gasteiger partial charge in [-0.2, -0.15) is 0 Å². The molecule has 1 saturated carbocycles. The van der Waals surface area contributed by atoms with Gasteiger partial charge in [-0.25, -0.2) is 13.2 Å². The van der Waals surface area contributed by atoms with Gasteiger partial charge in [-0.15, -0.1) is 11.6 Å². The van der Waals surface area contributed by atoms with Crippen LogP contribution in [0, 0.1) is 17.5 Å². The average molecular weight is 292 g/mol. The molecule has 0 unspecified atom stereocenters. The van der Waals surface area contributed by atoms with Crippen molar-refractivity contribution in [2.45, 2.75) is 25.3 Å². The van der Waals surface area contributed by atoms with Gasteiger partial charge in [0.15, 0.2) is 17.5 Å². The maximum absolute atomic E-state index is 13.6. The van der Waals surface area contributed by atoms with Crippen LogP contribution < -0.4 is 0 Å². The Morgan fingerprint density at radius 3 is 2.47 bits per heavy atom. The van der Waals surface area contributed by atoms with E-state index >= 15 is 0 Å². The van der Waals surface area contributed by atoms with Crippen LogP contribution in [-0.2, 0) is 0 Å². The number of halogens is 4. The van der Waals surface area contributed by atoms with Gasteiger partial charge in [-0.1, -0.05) is 0 Å². The lowest BCUT2D eigenvalue weighted by Crippen LogP contribution is -2.45. The molecule has 1 aliphatic carbocycles. The SMILES string of the molecule is O=C(c1ccc(F)c(F)c1F)N(CCCl)C1CCC1. The van der Waals surface area contributed by atoms with Crippen molar-refractivity contribution < 1.29 is 18.0 Å². The van der Waals surface area contributed by atoms with Crippen LogP contribution in [0.3, 0.4) is 0 Å². The quantitative estimate of drug-likeness (QED) is 0.615. The number of carbonyl (C=O) groups excluding carboxylic acids is 1. The molecule has 0 bridgehead atoms. The highest BCUT2D eigenvalue weighted by molar-refractivity contribution is 6.18. The van der Waals surface area contributed by atoms with Crippen LogP contribution in [0.2, 0.25) is 0 Å². The zero-order valence-corrected chi connectivity index (χ0v) is 10.9. The van der Waals surface area contributed by atoms with Crippen molar-refractivity contribution in [3.05, 3.63) is 35.1 Å². The lowest BCUT2D eigenvalue weighted by atomic mass is 9.91. The highest BCUT2D eigenvalue weighted by Crippen LogP contribution is 2.27. The number of nitrogens with zero attached hydrogens (tertiary/aromatic N) is 1. The molecule has 19 heavy (non-hydrogen) atoms. The third-order valence-electron chi connectivity index (χ3n) is 3.37. The van der Waals surface area contributed by atoms with Gasteiger partial charge in [-0.3, -0.25) is 4.79 Å². The summed E-state index contributed by atoms with van der Waals surface area (Å²) in [5, 5.41) is 0. The van der Waals surface area contributed by atoms with Crippen molar-refractivity contribution >= 4 is 17.5 Å². The minimum absolute atomic E-state index is 0.0127. The second-order valence-electron chi connectivity index (χ2n) is 4.50. The van der Waals surface area contributed by atoms with E-state index in [1.165, 1.54) is 4.90 Å². The average Bonchev–Trinajstić information content (AvgIpc) is 2.33. The van der Waals surface area contributed by atoms with E-state index in [-0.39, 0.29) is 18.5 Å². The molecule has 0 N–H and O–H groups in total. The smallest absolute Gasteiger partial charge is 0.257 e. The fourth-order valence-electron chi connectivity index (χ4n) is 2.09. The first-order valence-corrected chi connectivity index (χ1v) is 6.60. The molecule has 2 nitrogen and oxygen atoms in total. The minimum Gasteiger partial charge on any atom is -0.334 e. The summed E-state index contributed by atoms with van der Waals surface area (Å²) in [6, 6.07) is 1.74. The van der Waals surface area contributed by atoms with Gasteiger partial charge >= 0.3 is 0 Å². The number of hydrogen-bond acceptors (Lipinski definition) is 1. The predicted molar refractivity (Wildman–Crippen MR) is 65.7 cm³/mol. The van der Waals surface area contributed by atoms with Gasteiger partial charge in [0.05, 0.1) is 5.56 Å². The second kappa shape index (κ2) is 5.82. The van der Waals surface area contributed by atoms with Crippen molar-refractivity contribution in [3.63, 3.8) is 0 Å². The van der Waals surface area contributed by atoms with Crippen LogP contribution >= 0.6 is 11.6 Å². The fraction of sp³-hybridized carbons (Fsp3) is 0.462. The molecule has 0 heterocycles. The molecule has 1 fully saturated rings. The molecule has 0 saturated heterocycles. The second-order valence-corrected chi connectivity index (χ2v) is 4.87. The van der Waals surface area contributed by atoms with Crippen molar-refractivity contribution in [1.29, 1.82) is 0 Å². The van der Waals surface area contributed by atoms with Gasteiger partial charge in [0.25, 0.3) is 5.91 Å². The van der Waals surface area contributed by atoms with Crippen molar-refractivity contribution in [2.75, 3.05) is 12.4 Å². The van der Waals surface area contributed by atoms with Crippen LogP contribution in [0.1, 0.15) is 29.6 Å². The molecule has 0 atom stereocenters. The minimum atomic E-state index is -1.62. The van der Waals surface area contributed by atoms with E-state index in [1.807, 2.05) is 0 Å². The first-order valence-electron chi connectivity index (χ1n) is 6.06. The molecule has 1 amide bonds. The van der Waals surface area contributed by atoms with Gasteiger partial charge in [-0.05, 0) is 31.4 Å². The van der Waals surface area contributed by atoms with Crippen molar-refractivity contribution in [1.82, 2.24) is 4.90 Å². The van der Waals surface area contributed by atoms with Gasteiger partial charge in [0.1, 0.15) is 0 Å². The Morgan fingerprint density at radius 2 is 1.95 bits per heavy atom. The van der Waals surface area contributed by atoms with E-state index in [0.717, 1.165) is 31.4 Å². The maximum Gasteiger partial charge on any atom is 0.257 e. The lowest BCUT2D eigenvalue weighted by molar-refractivity contribution is 0.0592. The monoisotopic (exact) mass is 291 g/mol. The Bertz CT molecular complexity index is 491. The number of rotatable bonds is 4. The molecule has 2 rings (SSSR count). The largest absolute Gasteiger partial charge is 0.334 e. The van der Waals surface area contributed by atoms with Crippen LogP contribution in [0.5, 0.6) is 0 Å². The molecule has 104 valence electrons. The Morgan fingerprint density at radius 1 is 1.26 bits per heavy atom. The number of carbonyl (C=O) groups is 1. The molecule has 6 heteroatoms.